The average Bonchev–Trinajstić information content (AvgIpc) is 2.66. The Hall–Kier alpha value is -1.84. The van der Waals surface area contributed by atoms with Crippen LogP contribution in [0.4, 0.5) is 0 Å². The molecule has 16 heavy (non-hydrogen) atoms. The number of carbonyl (C=O) groups excluding carboxylic acids is 1. The quantitative estimate of drug-likeness (QED) is 0.849. The zero-order chi connectivity index (χ0) is 11.7. The van der Waals surface area contributed by atoms with Crippen LogP contribution in [0.1, 0.15) is 25.7 Å². The first-order valence-corrected chi connectivity index (χ1v) is 5.40. The molecular formula is C12H15N3O. The lowest BCUT2D eigenvalue weighted by atomic mass is 10.2. The van der Waals surface area contributed by atoms with Crippen LogP contribution in [0.2, 0.25) is 0 Å². The first-order chi connectivity index (χ1) is 7.65. The molecule has 1 amide bonds. The highest BCUT2D eigenvalue weighted by atomic mass is 16.1. The largest absolute Gasteiger partial charge is 0.368 e. The number of hydrogen-bond donors (Lipinski definition) is 1. The van der Waals surface area contributed by atoms with E-state index in [-0.39, 0.29) is 11.9 Å². The molecule has 0 bridgehead atoms. The molecule has 4 heteroatoms. The third-order valence-corrected chi connectivity index (χ3v) is 2.78. The van der Waals surface area contributed by atoms with E-state index in [1.54, 1.807) is 6.92 Å². The maximum absolute atomic E-state index is 11.3. The molecule has 1 heterocycles. The molecule has 84 valence electrons. The summed E-state index contributed by atoms with van der Waals surface area (Å²) in [5.74, 6) is 0.561. The van der Waals surface area contributed by atoms with E-state index in [1.807, 2.05) is 35.8 Å². The Morgan fingerprint density at radius 3 is 2.81 bits per heavy atom. The predicted molar refractivity (Wildman–Crippen MR) is 63.0 cm³/mol. The summed E-state index contributed by atoms with van der Waals surface area (Å²) in [7, 11) is 0. The summed E-state index contributed by atoms with van der Waals surface area (Å²) < 4.78 is 1.91. The highest BCUT2D eigenvalue weighted by Gasteiger charge is 2.17. The Bertz CT molecular complexity index is 530. The highest BCUT2D eigenvalue weighted by Crippen LogP contribution is 2.21. The summed E-state index contributed by atoms with van der Waals surface area (Å²) >= 11 is 0. The van der Waals surface area contributed by atoms with Crippen LogP contribution in [0.25, 0.3) is 11.0 Å². The van der Waals surface area contributed by atoms with E-state index in [2.05, 4.69) is 4.98 Å². The van der Waals surface area contributed by atoms with Crippen LogP contribution < -0.4 is 5.73 Å². The van der Waals surface area contributed by atoms with Gasteiger partial charge in [-0.1, -0.05) is 19.1 Å². The van der Waals surface area contributed by atoms with Gasteiger partial charge in [0.15, 0.2) is 0 Å². The molecule has 1 aromatic heterocycles. The molecule has 0 spiro atoms. The molecule has 0 aliphatic heterocycles. The normalized spacial score (nSPS) is 12.9. The Labute approximate surface area is 94.1 Å². The number of primary amides is 1. The van der Waals surface area contributed by atoms with Crippen molar-refractivity contribution < 1.29 is 4.79 Å². The van der Waals surface area contributed by atoms with Crippen molar-refractivity contribution in [3.05, 3.63) is 30.1 Å². The average molecular weight is 217 g/mol. The highest BCUT2D eigenvalue weighted by molar-refractivity contribution is 5.82. The van der Waals surface area contributed by atoms with Gasteiger partial charge in [0.05, 0.1) is 11.0 Å². The maximum atomic E-state index is 11.3. The summed E-state index contributed by atoms with van der Waals surface area (Å²) in [6.07, 6.45) is 0.784. The van der Waals surface area contributed by atoms with E-state index in [9.17, 15) is 4.79 Å². The van der Waals surface area contributed by atoms with Crippen molar-refractivity contribution in [2.75, 3.05) is 0 Å². The molecule has 2 N–H and O–H groups in total. The standard InChI is InChI=1S/C12H15N3O/c1-3-11-14-9-6-4-5-7-10(9)15(11)8(2)12(13)16/h4-8H,3H2,1-2H3,(H2,13,16)/t8-/m0/s1. The third-order valence-electron chi connectivity index (χ3n) is 2.78. The number of rotatable bonds is 3. The number of amides is 1. The van der Waals surface area contributed by atoms with E-state index in [0.29, 0.717) is 0 Å². The number of nitrogens with two attached hydrogens (primary N) is 1. The molecule has 0 fully saturated rings. The summed E-state index contributed by atoms with van der Waals surface area (Å²) in [6, 6.07) is 7.42. The molecule has 4 nitrogen and oxygen atoms in total. The molecule has 2 rings (SSSR count). The van der Waals surface area contributed by atoms with E-state index in [0.717, 1.165) is 23.3 Å². The molecule has 0 aliphatic rings. The van der Waals surface area contributed by atoms with Crippen LogP contribution in [0, 0.1) is 0 Å². The SMILES string of the molecule is CCc1nc2ccccc2n1[C@@H](C)C(N)=O. The van der Waals surface area contributed by atoms with Crippen LogP contribution in [0.15, 0.2) is 24.3 Å². The van der Waals surface area contributed by atoms with E-state index < -0.39 is 0 Å². The van der Waals surface area contributed by atoms with Crippen LogP contribution in [0.3, 0.4) is 0 Å². The minimum absolute atomic E-state index is 0.335. The lowest BCUT2D eigenvalue weighted by molar-refractivity contribution is -0.120. The third kappa shape index (κ3) is 1.56. The van der Waals surface area contributed by atoms with Gasteiger partial charge in [0, 0.05) is 6.42 Å². The first kappa shape index (κ1) is 10.7. The van der Waals surface area contributed by atoms with Crippen molar-refractivity contribution in [1.29, 1.82) is 0 Å². The number of imidazole rings is 1. The molecule has 0 aliphatic carbocycles. The smallest absolute Gasteiger partial charge is 0.240 e. The summed E-state index contributed by atoms with van der Waals surface area (Å²) in [4.78, 5) is 15.8. The van der Waals surface area contributed by atoms with Crippen LogP contribution in [-0.2, 0) is 11.2 Å². The molecule has 0 radical (unpaired) electrons. The lowest BCUT2D eigenvalue weighted by Gasteiger charge is -2.13. The number of nitrogens with zero attached hydrogens (tertiary/aromatic N) is 2. The van der Waals surface area contributed by atoms with Crippen molar-refractivity contribution in [2.24, 2.45) is 5.73 Å². The Morgan fingerprint density at radius 1 is 1.50 bits per heavy atom. The van der Waals surface area contributed by atoms with Crippen LogP contribution >= 0.6 is 0 Å². The van der Waals surface area contributed by atoms with Crippen LogP contribution in [0.5, 0.6) is 0 Å². The van der Waals surface area contributed by atoms with Gasteiger partial charge in [0.1, 0.15) is 11.9 Å². The Balaban J connectivity index is 2.69. The zero-order valence-electron chi connectivity index (χ0n) is 9.47. The topological polar surface area (TPSA) is 60.9 Å². The summed E-state index contributed by atoms with van der Waals surface area (Å²) in [5.41, 5.74) is 7.23. The minimum atomic E-state index is -0.359. The second-order valence-electron chi connectivity index (χ2n) is 3.82. The van der Waals surface area contributed by atoms with Crippen molar-refractivity contribution in [1.82, 2.24) is 9.55 Å². The van der Waals surface area contributed by atoms with Crippen molar-refractivity contribution >= 4 is 16.9 Å². The first-order valence-electron chi connectivity index (χ1n) is 5.40. The molecule has 0 unspecified atom stereocenters. The van der Waals surface area contributed by atoms with Gasteiger partial charge in [0.2, 0.25) is 5.91 Å². The number of hydrogen-bond acceptors (Lipinski definition) is 2. The number of aromatic nitrogens is 2. The van der Waals surface area contributed by atoms with Crippen molar-refractivity contribution in [2.45, 2.75) is 26.3 Å². The molecule has 2 aromatic rings. The second kappa shape index (κ2) is 3.96. The number of aryl methyl sites for hydroxylation is 1. The molecule has 1 aromatic carbocycles. The van der Waals surface area contributed by atoms with E-state index >= 15 is 0 Å². The van der Waals surface area contributed by atoms with E-state index in [4.69, 9.17) is 5.73 Å². The number of benzene rings is 1. The fraction of sp³-hybridized carbons (Fsp3) is 0.333. The van der Waals surface area contributed by atoms with Gasteiger partial charge in [-0.3, -0.25) is 4.79 Å². The van der Waals surface area contributed by atoms with Crippen molar-refractivity contribution in [3.8, 4) is 0 Å². The van der Waals surface area contributed by atoms with Crippen molar-refractivity contribution in [3.63, 3.8) is 0 Å². The Kier molecular flexibility index (Phi) is 2.64. The van der Waals surface area contributed by atoms with Gasteiger partial charge in [-0.2, -0.15) is 0 Å². The minimum Gasteiger partial charge on any atom is -0.368 e. The lowest BCUT2D eigenvalue weighted by Crippen LogP contribution is -2.25. The number of para-hydroxylation sites is 2. The summed E-state index contributed by atoms with van der Waals surface area (Å²) in [5, 5.41) is 0. The van der Waals surface area contributed by atoms with Gasteiger partial charge in [-0.25, -0.2) is 4.98 Å². The Morgan fingerprint density at radius 2 is 2.19 bits per heavy atom. The zero-order valence-corrected chi connectivity index (χ0v) is 9.47. The number of fused-ring (bicyclic) bond motifs is 1. The molecule has 0 saturated heterocycles. The van der Waals surface area contributed by atoms with Gasteiger partial charge >= 0.3 is 0 Å². The molecule has 0 saturated carbocycles. The fourth-order valence-electron chi connectivity index (χ4n) is 1.90. The van der Waals surface area contributed by atoms with Gasteiger partial charge < -0.3 is 10.3 Å². The number of carbonyl (C=O) groups is 1. The maximum Gasteiger partial charge on any atom is 0.240 e. The molecule has 1 atom stereocenters. The predicted octanol–water partition coefficient (Wildman–Crippen LogP) is 1.64. The van der Waals surface area contributed by atoms with Gasteiger partial charge in [0.25, 0.3) is 0 Å². The summed E-state index contributed by atoms with van der Waals surface area (Å²) in [6.45, 7) is 3.82. The van der Waals surface area contributed by atoms with Gasteiger partial charge in [-0.15, -0.1) is 0 Å². The van der Waals surface area contributed by atoms with E-state index in [1.165, 1.54) is 0 Å². The second-order valence-corrected chi connectivity index (χ2v) is 3.82. The fourth-order valence-corrected chi connectivity index (χ4v) is 1.90. The molecular weight excluding hydrogens is 202 g/mol. The monoisotopic (exact) mass is 217 g/mol. The van der Waals surface area contributed by atoms with Crippen LogP contribution in [-0.4, -0.2) is 15.5 Å². The van der Waals surface area contributed by atoms with Gasteiger partial charge in [-0.05, 0) is 19.1 Å².